The Morgan fingerprint density at radius 1 is 1.06 bits per heavy atom. The van der Waals surface area contributed by atoms with E-state index in [1.807, 2.05) is 59.9 Å². The maximum atomic E-state index is 12.7. The summed E-state index contributed by atoms with van der Waals surface area (Å²) < 4.78 is 2.12. The number of benzene rings is 2. The molecular weight excluding hydrogens is 386 g/mol. The summed E-state index contributed by atoms with van der Waals surface area (Å²) in [6, 6.07) is 20.0. The van der Waals surface area contributed by atoms with Crippen LogP contribution in [0.15, 0.2) is 67.1 Å². The van der Waals surface area contributed by atoms with Gasteiger partial charge in [-0.15, -0.1) is 0 Å². The molecule has 31 heavy (non-hydrogen) atoms. The van der Waals surface area contributed by atoms with Gasteiger partial charge >= 0.3 is 0 Å². The van der Waals surface area contributed by atoms with Gasteiger partial charge in [0.1, 0.15) is 0 Å². The maximum Gasteiger partial charge on any atom is 0.239 e. The summed E-state index contributed by atoms with van der Waals surface area (Å²) in [6.45, 7) is 3.05. The van der Waals surface area contributed by atoms with Crippen LogP contribution >= 0.6 is 0 Å². The first-order valence-electron chi connectivity index (χ1n) is 10.8. The van der Waals surface area contributed by atoms with Crippen LogP contribution in [0.25, 0.3) is 0 Å². The van der Waals surface area contributed by atoms with Gasteiger partial charge < -0.3 is 14.8 Å². The highest BCUT2D eigenvalue weighted by atomic mass is 16.2. The van der Waals surface area contributed by atoms with E-state index in [0.717, 1.165) is 56.7 Å². The van der Waals surface area contributed by atoms with E-state index >= 15 is 0 Å². The first-order chi connectivity index (χ1) is 15.2. The van der Waals surface area contributed by atoms with E-state index in [-0.39, 0.29) is 11.9 Å². The van der Waals surface area contributed by atoms with Gasteiger partial charge in [-0.1, -0.05) is 42.5 Å². The fourth-order valence-corrected chi connectivity index (χ4v) is 4.01. The summed E-state index contributed by atoms with van der Waals surface area (Å²) in [5.41, 5.74) is 4.19. The first kappa shape index (κ1) is 20.8. The molecule has 1 aliphatic heterocycles. The summed E-state index contributed by atoms with van der Waals surface area (Å²) in [6.07, 6.45) is 6.28. The predicted octanol–water partition coefficient (Wildman–Crippen LogP) is 2.78. The molecule has 4 rings (SSSR count). The van der Waals surface area contributed by atoms with Crippen LogP contribution in [-0.2, 0) is 24.2 Å². The highest BCUT2D eigenvalue weighted by Gasteiger charge is 2.30. The fourth-order valence-electron chi connectivity index (χ4n) is 4.01. The third-order valence-electron chi connectivity index (χ3n) is 5.82. The van der Waals surface area contributed by atoms with Crippen molar-refractivity contribution >= 4 is 5.91 Å². The number of likely N-dealkylation sites (tertiary alicyclic amines) is 1. The van der Waals surface area contributed by atoms with Gasteiger partial charge in [-0.3, -0.25) is 4.79 Å². The molecule has 0 aliphatic carbocycles. The first-order valence-corrected chi connectivity index (χ1v) is 10.8. The summed E-state index contributed by atoms with van der Waals surface area (Å²) in [5, 5.41) is 12.4. The lowest BCUT2D eigenvalue weighted by Crippen LogP contribution is -2.39. The quantitative estimate of drug-likeness (QED) is 0.585. The van der Waals surface area contributed by atoms with Gasteiger partial charge in [0.25, 0.3) is 0 Å². The molecule has 158 valence electrons. The lowest BCUT2D eigenvalue weighted by molar-refractivity contribution is -0.129. The molecule has 0 saturated carbocycles. The monoisotopic (exact) mass is 413 g/mol. The van der Waals surface area contributed by atoms with Gasteiger partial charge in [0, 0.05) is 44.5 Å². The van der Waals surface area contributed by atoms with Crippen molar-refractivity contribution in [2.75, 3.05) is 19.6 Å². The fraction of sp³-hybridized carbons (Fsp3) is 0.320. The zero-order valence-electron chi connectivity index (χ0n) is 17.6. The molecule has 2 aromatic carbocycles. The van der Waals surface area contributed by atoms with Gasteiger partial charge in [0.2, 0.25) is 5.91 Å². The van der Waals surface area contributed by atoms with Gasteiger partial charge in [-0.2, -0.15) is 5.26 Å². The van der Waals surface area contributed by atoms with Crippen molar-refractivity contribution in [1.29, 1.82) is 5.26 Å². The Hall–Kier alpha value is -3.43. The minimum absolute atomic E-state index is 0.0920. The zero-order valence-corrected chi connectivity index (χ0v) is 17.6. The average Bonchev–Trinajstić information content (AvgIpc) is 3.40. The molecular formula is C25H27N5O. The minimum atomic E-state index is -0.0920. The molecule has 0 unspecified atom stereocenters. The number of amides is 1. The van der Waals surface area contributed by atoms with E-state index in [2.05, 4.69) is 33.1 Å². The van der Waals surface area contributed by atoms with Gasteiger partial charge in [0.15, 0.2) is 0 Å². The number of aromatic nitrogens is 2. The van der Waals surface area contributed by atoms with Crippen molar-refractivity contribution in [3.63, 3.8) is 0 Å². The normalized spacial score (nSPS) is 15.9. The minimum Gasteiger partial charge on any atom is -0.341 e. The van der Waals surface area contributed by atoms with Crippen LogP contribution in [0.3, 0.4) is 0 Å². The molecule has 1 aromatic heterocycles. The largest absolute Gasteiger partial charge is 0.341 e. The Kier molecular flexibility index (Phi) is 6.75. The van der Waals surface area contributed by atoms with E-state index in [0.29, 0.717) is 5.56 Å². The summed E-state index contributed by atoms with van der Waals surface area (Å²) in [5.74, 6) is 0.210. The third kappa shape index (κ3) is 5.39. The number of hydrogen-bond acceptors (Lipinski definition) is 4. The Labute approximate surface area is 183 Å². The molecule has 1 aliphatic rings. The summed E-state index contributed by atoms with van der Waals surface area (Å²) in [4.78, 5) is 19.0. The molecule has 1 fully saturated rings. The third-order valence-corrected chi connectivity index (χ3v) is 5.82. The number of hydrogen-bond donors (Lipinski definition) is 1. The van der Waals surface area contributed by atoms with Crippen molar-refractivity contribution < 1.29 is 4.79 Å². The topological polar surface area (TPSA) is 74.0 Å². The van der Waals surface area contributed by atoms with E-state index in [1.54, 1.807) is 0 Å². The van der Waals surface area contributed by atoms with Crippen molar-refractivity contribution in [1.82, 2.24) is 19.8 Å². The highest BCUT2D eigenvalue weighted by Crippen LogP contribution is 2.13. The Balaban J connectivity index is 1.24. The van der Waals surface area contributed by atoms with Crippen LogP contribution in [0, 0.1) is 11.3 Å². The predicted molar refractivity (Wildman–Crippen MR) is 119 cm³/mol. The van der Waals surface area contributed by atoms with Crippen molar-refractivity contribution in [3.8, 4) is 6.07 Å². The van der Waals surface area contributed by atoms with Crippen LogP contribution in [-0.4, -0.2) is 46.0 Å². The standard InChI is InChI=1S/C25H27N5O/c26-16-21-6-8-22(9-7-21)18-30-19-27-17-23(30)10-13-28-24-12-15-29(25(24)31)14-11-20-4-2-1-3-5-20/h1-9,17,19,24,28H,10-15,18H2/t24-/m0/s1. The van der Waals surface area contributed by atoms with Crippen LogP contribution < -0.4 is 5.32 Å². The average molecular weight is 414 g/mol. The second-order valence-corrected chi connectivity index (χ2v) is 7.93. The van der Waals surface area contributed by atoms with Gasteiger partial charge in [-0.05, 0) is 36.1 Å². The van der Waals surface area contributed by atoms with E-state index in [4.69, 9.17) is 5.26 Å². The molecule has 0 bridgehead atoms. The number of nitrogens with zero attached hydrogens (tertiary/aromatic N) is 4. The van der Waals surface area contributed by atoms with Crippen molar-refractivity contribution in [3.05, 3.63) is 89.5 Å². The Morgan fingerprint density at radius 3 is 2.65 bits per heavy atom. The Morgan fingerprint density at radius 2 is 1.87 bits per heavy atom. The number of carbonyl (C=O) groups excluding carboxylic acids is 1. The van der Waals surface area contributed by atoms with E-state index < -0.39 is 0 Å². The molecule has 6 heteroatoms. The molecule has 1 atom stereocenters. The molecule has 1 N–H and O–H groups in total. The van der Waals surface area contributed by atoms with Crippen LogP contribution in [0.4, 0.5) is 0 Å². The number of nitrogens with one attached hydrogen (secondary N) is 1. The number of rotatable bonds is 9. The smallest absolute Gasteiger partial charge is 0.239 e. The van der Waals surface area contributed by atoms with Crippen LogP contribution in [0.5, 0.6) is 0 Å². The van der Waals surface area contributed by atoms with Crippen molar-refractivity contribution in [2.24, 2.45) is 0 Å². The lowest BCUT2D eigenvalue weighted by atomic mass is 10.1. The number of imidazole rings is 1. The summed E-state index contributed by atoms with van der Waals surface area (Å²) in [7, 11) is 0. The summed E-state index contributed by atoms with van der Waals surface area (Å²) >= 11 is 0. The molecule has 3 aromatic rings. The van der Waals surface area contributed by atoms with E-state index in [1.165, 1.54) is 5.56 Å². The SMILES string of the molecule is N#Cc1ccc(Cn2cncc2CCN[C@H]2CCN(CCc3ccccc3)C2=O)cc1. The van der Waals surface area contributed by atoms with E-state index in [9.17, 15) is 4.79 Å². The molecule has 0 spiro atoms. The second kappa shape index (κ2) is 10.1. The molecule has 1 saturated heterocycles. The number of nitriles is 1. The van der Waals surface area contributed by atoms with Gasteiger partial charge in [0.05, 0.1) is 24.0 Å². The maximum absolute atomic E-state index is 12.7. The van der Waals surface area contributed by atoms with Crippen LogP contribution in [0.1, 0.15) is 28.8 Å². The molecule has 6 nitrogen and oxygen atoms in total. The highest BCUT2D eigenvalue weighted by molar-refractivity contribution is 5.84. The van der Waals surface area contributed by atoms with Gasteiger partial charge in [-0.25, -0.2) is 4.98 Å². The number of carbonyl (C=O) groups is 1. The molecule has 0 radical (unpaired) electrons. The van der Waals surface area contributed by atoms with Crippen LogP contribution in [0.2, 0.25) is 0 Å². The second-order valence-electron chi connectivity index (χ2n) is 7.93. The molecule has 1 amide bonds. The lowest BCUT2D eigenvalue weighted by Gasteiger charge is -2.17. The molecule has 2 heterocycles. The van der Waals surface area contributed by atoms with Crippen molar-refractivity contribution in [2.45, 2.75) is 31.8 Å². The zero-order chi connectivity index (χ0) is 21.5. The Bertz CT molecular complexity index is 1040.